The maximum Gasteiger partial charge on any atom is 0.286 e. The molecule has 0 aromatic rings. The quantitative estimate of drug-likeness (QED) is 0.415. The number of rotatable bonds is 0. The molecule has 0 saturated heterocycles. The Hall–Kier alpha value is -0.750. The van der Waals surface area contributed by atoms with Crippen molar-refractivity contribution in [2.45, 2.75) is 0 Å². The summed E-state index contributed by atoms with van der Waals surface area (Å²) >= 11 is 0. The van der Waals surface area contributed by atoms with Gasteiger partial charge in [-0.3, -0.25) is 0 Å². The molecule has 0 unspecified atom stereocenters. The lowest BCUT2D eigenvalue weighted by molar-refractivity contribution is 0.362. The van der Waals surface area contributed by atoms with E-state index in [1.807, 2.05) is 0 Å². The fraction of sp³-hybridized carbons (Fsp3) is 0.667. The van der Waals surface area contributed by atoms with Crippen molar-refractivity contribution < 1.29 is 9.84 Å². The van der Waals surface area contributed by atoms with Gasteiger partial charge in [0.25, 0.3) is 6.26 Å². The summed E-state index contributed by atoms with van der Waals surface area (Å²) in [5.41, 5.74) is 0. The third-order valence-corrected chi connectivity index (χ3v) is 0.0913. The molecule has 6 heavy (non-hydrogen) atoms. The van der Waals surface area contributed by atoms with E-state index in [1.165, 1.54) is 13.4 Å². The third-order valence-electron chi connectivity index (χ3n) is 0.0913. The zero-order valence-corrected chi connectivity index (χ0v) is 3.80. The zero-order chi connectivity index (χ0) is 5.41. The Morgan fingerprint density at radius 2 is 1.83 bits per heavy atom. The van der Waals surface area contributed by atoms with Crippen LogP contribution >= 0.6 is 0 Å². The predicted molar refractivity (Wildman–Crippen MR) is 20.8 cm³/mol. The third kappa shape index (κ3) is 263. The maximum absolute atomic E-state index is 7.40. The molecule has 0 bridgehead atoms. The van der Waals surface area contributed by atoms with E-state index in [2.05, 4.69) is 4.74 Å². The molecule has 36 valence electrons. The first-order valence-electron chi connectivity index (χ1n) is 1.28. The number of hydrogen-bond donors (Lipinski definition) is 1. The van der Waals surface area contributed by atoms with Gasteiger partial charge in [0.05, 0.1) is 7.11 Å². The van der Waals surface area contributed by atoms with E-state index in [4.69, 9.17) is 10.4 Å². The summed E-state index contributed by atoms with van der Waals surface area (Å²) in [5, 5.41) is 14.4. The molecule has 0 fully saturated rings. The summed E-state index contributed by atoms with van der Waals surface area (Å²) in [6.07, 6.45) is 1.43. The number of nitriles is 1. The lowest BCUT2D eigenvalue weighted by Crippen LogP contribution is -1.55. The van der Waals surface area contributed by atoms with Crippen LogP contribution in [-0.2, 0) is 4.74 Å². The van der Waals surface area contributed by atoms with Crippen LogP contribution in [0.5, 0.6) is 0 Å². The molecular weight excluding hydrogens is 82.0 g/mol. The van der Waals surface area contributed by atoms with Crippen LogP contribution in [0.25, 0.3) is 0 Å². The molecule has 0 atom stereocenters. The SMILES string of the molecule is CO.COC#N. The van der Waals surface area contributed by atoms with E-state index in [1.54, 1.807) is 0 Å². The monoisotopic (exact) mass is 89.0 g/mol. The van der Waals surface area contributed by atoms with Gasteiger partial charge >= 0.3 is 0 Å². The lowest BCUT2D eigenvalue weighted by atomic mass is 11.5. The smallest absolute Gasteiger partial charge is 0.286 e. The van der Waals surface area contributed by atoms with E-state index >= 15 is 0 Å². The predicted octanol–water partition coefficient (Wildman–Crippen LogP) is -0.278. The first-order chi connectivity index (χ1) is 2.91. The Morgan fingerprint density at radius 1 is 1.67 bits per heavy atom. The van der Waals surface area contributed by atoms with Gasteiger partial charge in [-0.2, -0.15) is 5.26 Å². The Kier molecular flexibility index (Phi) is 43.0. The molecule has 3 nitrogen and oxygen atoms in total. The summed E-state index contributed by atoms with van der Waals surface area (Å²) in [6, 6.07) is 0. The maximum atomic E-state index is 7.40. The van der Waals surface area contributed by atoms with Crippen molar-refractivity contribution >= 4 is 0 Å². The second kappa shape index (κ2) is 28.7. The first kappa shape index (κ1) is 8.98. The molecule has 1 N–H and O–H groups in total. The van der Waals surface area contributed by atoms with Crippen LogP contribution in [0, 0.1) is 11.5 Å². The highest BCUT2D eigenvalue weighted by molar-refractivity contribution is 4.39. The lowest BCUT2D eigenvalue weighted by Gasteiger charge is -1.61. The van der Waals surface area contributed by atoms with Gasteiger partial charge in [0.2, 0.25) is 0 Å². The van der Waals surface area contributed by atoms with Crippen LogP contribution in [0.3, 0.4) is 0 Å². The van der Waals surface area contributed by atoms with Crippen LogP contribution in [0.4, 0.5) is 0 Å². The van der Waals surface area contributed by atoms with Crippen molar-refractivity contribution in [2.75, 3.05) is 14.2 Å². The van der Waals surface area contributed by atoms with Crippen molar-refractivity contribution in [3.05, 3.63) is 0 Å². The molecule has 0 aromatic heterocycles. The molecule has 0 saturated carbocycles. The zero-order valence-electron chi connectivity index (χ0n) is 3.80. The first-order valence-corrected chi connectivity index (χ1v) is 1.28. The van der Waals surface area contributed by atoms with E-state index in [0.29, 0.717) is 0 Å². The average molecular weight is 89.1 g/mol. The summed E-state index contributed by atoms with van der Waals surface area (Å²) in [7, 11) is 2.32. The van der Waals surface area contributed by atoms with Crippen LogP contribution in [0.2, 0.25) is 0 Å². The van der Waals surface area contributed by atoms with Crippen LogP contribution in [0.1, 0.15) is 0 Å². The molecule has 3 heteroatoms. The number of aliphatic hydroxyl groups excluding tert-OH is 1. The van der Waals surface area contributed by atoms with E-state index in [0.717, 1.165) is 7.11 Å². The van der Waals surface area contributed by atoms with E-state index < -0.39 is 0 Å². The molecule has 0 aromatic carbocycles. The Morgan fingerprint density at radius 3 is 1.83 bits per heavy atom. The van der Waals surface area contributed by atoms with Gasteiger partial charge in [-0.1, -0.05) is 0 Å². The van der Waals surface area contributed by atoms with Gasteiger partial charge < -0.3 is 9.84 Å². The van der Waals surface area contributed by atoms with Crippen molar-refractivity contribution in [1.82, 2.24) is 0 Å². The van der Waals surface area contributed by atoms with Gasteiger partial charge in [-0.15, -0.1) is 0 Å². The summed E-state index contributed by atoms with van der Waals surface area (Å²) in [4.78, 5) is 0. The minimum absolute atomic E-state index is 1.00. The van der Waals surface area contributed by atoms with Crippen LogP contribution in [0.15, 0.2) is 0 Å². The highest BCUT2D eigenvalue weighted by atomic mass is 16.5. The molecule has 0 spiro atoms. The average Bonchev–Trinajstić information content (AvgIpc) is 1.72. The molecule has 0 aliphatic rings. The highest BCUT2D eigenvalue weighted by Gasteiger charge is 1.42. The molecule has 0 aliphatic heterocycles. The van der Waals surface area contributed by atoms with Crippen molar-refractivity contribution in [3.8, 4) is 6.26 Å². The van der Waals surface area contributed by atoms with Gasteiger partial charge in [-0.25, -0.2) is 0 Å². The fourth-order valence-electron chi connectivity index (χ4n) is 0. The van der Waals surface area contributed by atoms with Gasteiger partial charge in [-0.05, 0) is 0 Å². The Labute approximate surface area is 36.8 Å². The van der Waals surface area contributed by atoms with Crippen molar-refractivity contribution in [2.24, 2.45) is 0 Å². The summed E-state index contributed by atoms with van der Waals surface area (Å²) < 4.78 is 3.85. The highest BCUT2D eigenvalue weighted by Crippen LogP contribution is 1.41. The second-order valence-corrected chi connectivity index (χ2v) is 0.295. The van der Waals surface area contributed by atoms with Crippen molar-refractivity contribution in [1.29, 1.82) is 5.26 Å². The van der Waals surface area contributed by atoms with Crippen molar-refractivity contribution in [3.63, 3.8) is 0 Å². The summed E-state index contributed by atoms with van der Waals surface area (Å²) in [5.74, 6) is 0. The van der Waals surface area contributed by atoms with Gasteiger partial charge in [0.15, 0.2) is 0 Å². The minimum atomic E-state index is 1.00. The van der Waals surface area contributed by atoms with E-state index in [-0.39, 0.29) is 0 Å². The molecule has 0 radical (unpaired) electrons. The molecule has 0 rings (SSSR count). The number of ether oxygens (including phenoxy) is 1. The molecule has 0 amide bonds. The topological polar surface area (TPSA) is 53.2 Å². The van der Waals surface area contributed by atoms with E-state index in [9.17, 15) is 0 Å². The number of methoxy groups -OCH3 is 1. The van der Waals surface area contributed by atoms with Gasteiger partial charge in [0, 0.05) is 7.11 Å². The number of aliphatic hydroxyl groups is 1. The largest absolute Gasteiger partial charge is 0.431 e. The Bertz CT molecular complexity index is 38.5. The number of hydrogen-bond acceptors (Lipinski definition) is 3. The number of nitrogens with zero attached hydrogens (tertiary/aromatic N) is 1. The fourth-order valence-corrected chi connectivity index (χ4v) is 0. The summed E-state index contributed by atoms with van der Waals surface area (Å²) in [6.45, 7) is 0. The molecular formula is C3H7NO2. The standard InChI is InChI=1S/C2H3NO.CH4O/c1-4-2-3;1-2/h1H3;2H,1H3. The second-order valence-electron chi connectivity index (χ2n) is 0.295. The molecule has 0 aliphatic carbocycles. The Balaban J connectivity index is 0. The minimum Gasteiger partial charge on any atom is -0.431 e. The van der Waals surface area contributed by atoms with Crippen LogP contribution in [-0.4, -0.2) is 19.3 Å². The normalized spacial score (nSPS) is 3.67. The van der Waals surface area contributed by atoms with Crippen LogP contribution < -0.4 is 0 Å². The molecule has 0 heterocycles. The van der Waals surface area contributed by atoms with Gasteiger partial charge in [0.1, 0.15) is 0 Å².